The molecule has 0 saturated heterocycles. The highest BCUT2D eigenvalue weighted by molar-refractivity contribution is 5.94. The Morgan fingerprint density at radius 3 is 2.48 bits per heavy atom. The maximum absolute atomic E-state index is 13.6. The predicted molar refractivity (Wildman–Crippen MR) is 86.0 cm³/mol. The van der Waals surface area contributed by atoms with Gasteiger partial charge in [0, 0.05) is 11.6 Å². The lowest BCUT2D eigenvalue weighted by Gasteiger charge is -2.05. The Morgan fingerprint density at radius 2 is 1.84 bits per heavy atom. The van der Waals surface area contributed by atoms with Crippen LogP contribution in [0.2, 0.25) is 0 Å². The van der Waals surface area contributed by atoms with Gasteiger partial charge >= 0.3 is 0 Å². The van der Waals surface area contributed by atoms with Crippen LogP contribution in [0.1, 0.15) is 16.1 Å². The quantitative estimate of drug-likeness (QED) is 0.769. The SMILES string of the molecule is COc1ccc(-c2cc(CNC(=O)c3c(F)cccc3F)no2)cc1. The van der Waals surface area contributed by atoms with E-state index in [2.05, 4.69) is 10.5 Å². The van der Waals surface area contributed by atoms with Gasteiger partial charge in [0.05, 0.1) is 13.7 Å². The monoisotopic (exact) mass is 344 g/mol. The third-order valence-corrected chi connectivity index (χ3v) is 3.55. The summed E-state index contributed by atoms with van der Waals surface area (Å²) >= 11 is 0. The second-order valence-corrected chi connectivity index (χ2v) is 5.19. The molecule has 1 heterocycles. The van der Waals surface area contributed by atoms with Gasteiger partial charge in [0.15, 0.2) is 5.76 Å². The second-order valence-electron chi connectivity index (χ2n) is 5.19. The number of ether oxygens (including phenoxy) is 1. The van der Waals surface area contributed by atoms with E-state index in [0.717, 1.165) is 17.7 Å². The maximum atomic E-state index is 13.6. The first-order valence-electron chi connectivity index (χ1n) is 7.40. The van der Waals surface area contributed by atoms with Gasteiger partial charge in [-0.1, -0.05) is 11.2 Å². The van der Waals surface area contributed by atoms with E-state index in [1.807, 2.05) is 0 Å². The molecule has 0 unspecified atom stereocenters. The molecular weight excluding hydrogens is 330 g/mol. The number of aromatic nitrogens is 1. The maximum Gasteiger partial charge on any atom is 0.257 e. The van der Waals surface area contributed by atoms with E-state index in [1.54, 1.807) is 37.4 Å². The Labute approximate surface area is 142 Å². The van der Waals surface area contributed by atoms with Gasteiger partial charge in [0.1, 0.15) is 28.6 Å². The van der Waals surface area contributed by atoms with Gasteiger partial charge in [-0.05, 0) is 36.4 Å². The summed E-state index contributed by atoms with van der Waals surface area (Å²) in [5.74, 6) is -1.48. The summed E-state index contributed by atoms with van der Waals surface area (Å²) in [6, 6.07) is 12.0. The fraction of sp³-hybridized carbons (Fsp3) is 0.111. The third kappa shape index (κ3) is 3.65. The molecule has 1 amide bonds. The molecule has 0 atom stereocenters. The van der Waals surface area contributed by atoms with E-state index >= 15 is 0 Å². The molecule has 2 aromatic carbocycles. The van der Waals surface area contributed by atoms with Gasteiger partial charge in [-0.3, -0.25) is 4.79 Å². The van der Waals surface area contributed by atoms with Crippen LogP contribution < -0.4 is 10.1 Å². The van der Waals surface area contributed by atoms with Crippen LogP contribution in [0.3, 0.4) is 0 Å². The average Bonchev–Trinajstić information content (AvgIpc) is 3.09. The zero-order valence-electron chi connectivity index (χ0n) is 13.3. The molecule has 0 fully saturated rings. The van der Waals surface area contributed by atoms with E-state index in [9.17, 15) is 13.6 Å². The van der Waals surface area contributed by atoms with Crippen molar-refractivity contribution >= 4 is 5.91 Å². The van der Waals surface area contributed by atoms with Gasteiger partial charge in [0.25, 0.3) is 5.91 Å². The molecule has 0 radical (unpaired) electrons. The Kier molecular flexibility index (Phi) is 4.74. The minimum atomic E-state index is -0.920. The lowest BCUT2D eigenvalue weighted by atomic mass is 10.1. The minimum absolute atomic E-state index is 0.0216. The summed E-state index contributed by atoms with van der Waals surface area (Å²) in [6.07, 6.45) is 0. The topological polar surface area (TPSA) is 64.4 Å². The number of rotatable bonds is 5. The number of amides is 1. The molecule has 5 nitrogen and oxygen atoms in total. The van der Waals surface area contributed by atoms with Crippen LogP contribution in [0, 0.1) is 11.6 Å². The van der Waals surface area contributed by atoms with Gasteiger partial charge in [-0.15, -0.1) is 0 Å². The van der Waals surface area contributed by atoms with Crippen molar-refractivity contribution in [3.05, 3.63) is 71.4 Å². The van der Waals surface area contributed by atoms with Crippen LogP contribution in [-0.2, 0) is 6.54 Å². The zero-order chi connectivity index (χ0) is 17.8. The minimum Gasteiger partial charge on any atom is -0.497 e. The van der Waals surface area contributed by atoms with E-state index in [1.165, 1.54) is 6.07 Å². The first-order valence-corrected chi connectivity index (χ1v) is 7.40. The summed E-state index contributed by atoms with van der Waals surface area (Å²) in [7, 11) is 1.57. The molecule has 1 N–H and O–H groups in total. The molecule has 0 bridgehead atoms. The summed E-state index contributed by atoms with van der Waals surface area (Å²) < 4.78 is 37.4. The number of halogens is 2. The second kappa shape index (κ2) is 7.12. The smallest absolute Gasteiger partial charge is 0.257 e. The first kappa shape index (κ1) is 16.6. The van der Waals surface area contributed by atoms with E-state index in [0.29, 0.717) is 17.2 Å². The van der Waals surface area contributed by atoms with Crippen molar-refractivity contribution in [2.24, 2.45) is 0 Å². The van der Waals surface area contributed by atoms with Crippen LogP contribution in [0.4, 0.5) is 8.78 Å². The first-order chi connectivity index (χ1) is 12.1. The lowest BCUT2D eigenvalue weighted by molar-refractivity contribution is 0.0941. The van der Waals surface area contributed by atoms with Crippen molar-refractivity contribution in [2.45, 2.75) is 6.54 Å². The number of benzene rings is 2. The molecule has 3 rings (SSSR count). The summed E-state index contributed by atoms with van der Waals surface area (Å²) in [5, 5.41) is 6.26. The summed E-state index contributed by atoms with van der Waals surface area (Å²) in [4.78, 5) is 11.9. The van der Waals surface area contributed by atoms with Crippen molar-refractivity contribution in [2.75, 3.05) is 7.11 Å². The molecule has 0 aliphatic rings. The van der Waals surface area contributed by atoms with Crippen molar-refractivity contribution in [1.29, 1.82) is 0 Å². The Hall–Kier alpha value is -3.22. The van der Waals surface area contributed by atoms with E-state index < -0.39 is 23.1 Å². The highest BCUT2D eigenvalue weighted by atomic mass is 19.1. The molecule has 25 heavy (non-hydrogen) atoms. The number of hydrogen-bond donors (Lipinski definition) is 1. The molecule has 0 aliphatic heterocycles. The van der Waals surface area contributed by atoms with Crippen molar-refractivity contribution in [3.8, 4) is 17.1 Å². The molecule has 1 aromatic heterocycles. The van der Waals surface area contributed by atoms with Crippen LogP contribution in [0.25, 0.3) is 11.3 Å². The predicted octanol–water partition coefficient (Wildman–Crippen LogP) is 3.56. The fourth-order valence-electron chi connectivity index (χ4n) is 2.26. The Bertz CT molecular complexity index is 871. The average molecular weight is 344 g/mol. The molecule has 7 heteroatoms. The molecular formula is C18H14F2N2O3. The molecule has 0 saturated carbocycles. The summed E-state index contributed by atoms with van der Waals surface area (Å²) in [6.45, 7) is -0.0216. The highest BCUT2D eigenvalue weighted by Crippen LogP contribution is 2.23. The van der Waals surface area contributed by atoms with Crippen LogP contribution in [-0.4, -0.2) is 18.2 Å². The van der Waals surface area contributed by atoms with Crippen molar-refractivity contribution in [3.63, 3.8) is 0 Å². The molecule has 0 spiro atoms. The number of carbonyl (C=O) groups is 1. The fourth-order valence-corrected chi connectivity index (χ4v) is 2.26. The number of methoxy groups -OCH3 is 1. The largest absolute Gasteiger partial charge is 0.497 e. The standard InChI is InChI=1S/C18H14F2N2O3/c1-24-13-7-5-11(6-8-13)16-9-12(22-25-16)10-21-18(23)17-14(19)3-2-4-15(17)20/h2-9H,10H2,1H3,(H,21,23). The van der Waals surface area contributed by atoms with Crippen LogP contribution in [0.15, 0.2) is 53.1 Å². The lowest BCUT2D eigenvalue weighted by Crippen LogP contribution is -2.25. The molecule has 128 valence electrons. The number of carbonyl (C=O) groups excluding carboxylic acids is 1. The normalized spacial score (nSPS) is 10.5. The van der Waals surface area contributed by atoms with Crippen LogP contribution >= 0.6 is 0 Å². The third-order valence-electron chi connectivity index (χ3n) is 3.55. The van der Waals surface area contributed by atoms with E-state index in [4.69, 9.17) is 9.26 Å². The number of nitrogens with zero attached hydrogens (tertiary/aromatic N) is 1. The summed E-state index contributed by atoms with van der Waals surface area (Å²) in [5.41, 5.74) is 0.586. The van der Waals surface area contributed by atoms with Gasteiger partial charge < -0.3 is 14.6 Å². The van der Waals surface area contributed by atoms with Gasteiger partial charge in [-0.2, -0.15) is 0 Å². The van der Waals surface area contributed by atoms with Gasteiger partial charge in [-0.25, -0.2) is 8.78 Å². The molecule has 0 aliphatic carbocycles. The van der Waals surface area contributed by atoms with E-state index in [-0.39, 0.29) is 6.54 Å². The van der Waals surface area contributed by atoms with Crippen molar-refractivity contribution < 1.29 is 22.8 Å². The van der Waals surface area contributed by atoms with Gasteiger partial charge in [0.2, 0.25) is 0 Å². The zero-order valence-corrected chi connectivity index (χ0v) is 13.3. The number of nitrogens with one attached hydrogen (secondary N) is 1. The van der Waals surface area contributed by atoms with Crippen molar-refractivity contribution in [1.82, 2.24) is 10.5 Å². The molecule has 3 aromatic rings. The highest BCUT2D eigenvalue weighted by Gasteiger charge is 2.17. The Morgan fingerprint density at radius 1 is 1.16 bits per heavy atom. The number of hydrogen-bond acceptors (Lipinski definition) is 4. The Balaban J connectivity index is 1.68. The van der Waals surface area contributed by atoms with Crippen LogP contribution in [0.5, 0.6) is 5.75 Å².